The summed E-state index contributed by atoms with van der Waals surface area (Å²) in [7, 11) is 1.57. The minimum atomic E-state index is -0.0927. The van der Waals surface area contributed by atoms with E-state index in [9.17, 15) is 4.79 Å². The van der Waals surface area contributed by atoms with Crippen LogP contribution in [0, 0.1) is 5.92 Å². The monoisotopic (exact) mass is 361 g/mol. The van der Waals surface area contributed by atoms with Crippen LogP contribution in [0.15, 0.2) is 29.1 Å². The molecule has 0 radical (unpaired) electrons. The SMILES string of the molecule is COc1cc(C(=O)NC2CNCCC2C)ccc1OCc1cscn1. The molecule has 2 unspecified atom stereocenters. The van der Waals surface area contributed by atoms with E-state index in [1.807, 2.05) is 5.38 Å². The Morgan fingerprint density at radius 1 is 1.44 bits per heavy atom. The third kappa shape index (κ3) is 4.49. The van der Waals surface area contributed by atoms with Crippen LogP contribution >= 0.6 is 11.3 Å². The first-order valence-electron chi connectivity index (χ1n) is 8.37. The number of nitrogens with one attached hydrogen (secondary N) is 2. The van der Waals surface area contributed by atoms with E-state index in [2.05, 4.69) is 22.5 Å². The quantitative estimate of drug-likeness (QED) is 0.827. The van der Waals surface area contributed by atoms with Gasteiger partial charge in [-0.25, -0.2) is 4.98 Å². The van der Waals surface area contributed by atoms with Crippen molar-refractivity contribution in [3.05, 3.63) is 40.3 Å². The lowest BCUT2D eigenvalue weighted by atomic mass is 9.94. The lowest BCUT2D eigenvalue weighted by Crippen LogP contribution is -2.50. The zero-order chi connectivity index (χ0) is 17.6. The molecule has 0 spiro atoms. The zero-order valence-corrected chi connectivity index (χ0v) is 15.3. The van der Waals surface area contributed by atoms with Gasteiger partial charge in [-0.3, -0.25) is 4.79 Å². The van der Waals surface area contributed by atoms with E-state index in [1.165, 1.54) is 11.3 Å². The van der Waals surface area contributed by atoms with E-state index in [1.54, 1.807) is 30.8 Å². The molecule has 1 aliphatic rings. The van der Waals surface area contributed by atoms with Gasteiger partial charge in [-0.2, -0.15) is 0 Å². The molecule has 6 nitrogen and oxygen atoms in total. The van der Waals surface area contributed by atoms with E-state index in [-0.39, 0.29) is 11.9 Å². The summed E-state index contributed by atoms with van der Waals surface area (Å²) in [6.45, 7) is 4.35. The molecule has 1 aromatic carbocycles. The van der Waals surface area contributed by atoms with Gasteiger partial charge in [0, 0.05) is 23.5 Å². The van der Waals surface area contributed by atoms with Crippen molar-refractivity contribution in [1.82, 2.24) is 15.6 Å². The fraction of sp³-hybridized carbons (Fsp3) is 0.444. The number of piperidine rings is 1. The molecule has 2 heterocycles. The Morgan fingerprint density at radius 3 is 3.04 bits per heavy atom. The Kier molecular flexibility index (Phi) is 5.88. The fourth-order valence-electron chi connectivity index (χ4n) is 2.82. The predicted molar refractivity (Wildman–Crippen MR) is 97.3 cm³/mol. The van der Waals surface area contributed by atoms with Gasteiger partial charge in [0.25, 0.3) is 5.91 Å². The van der Waals surface area contributed by atoms with Crippen LogP contribution < -0.4 is 20.1 Å². The molecule has 0 bridgehead atoms. The normalized spacial score (nSPS) is 20.1. The molecule has 1 saturated heterocycles. The second-order valence-electron chi connectivity index (χ2n) is 6.18. The first kappa shape index (κ1) is 17.7. The average Bonchev–Trinajstić information content (AvgIpc) is 3.15. The fourth-order valence-corrected chi connectivity index (χ4v) is 3.37. The molecule has 1 aliphatic heterocycles. The summed E-state index contributed by atoms with van der Waals surface area (Å²) < 4.78 is 11.1. The van der Waals surface area contributed by atoms with Gasteiger partial charge in [-0.05, 0) is 37.1 Å². The topological polar surface area (TPSA) is 72.5 Å². The number of benzene rings is 1. The summed E-state index contributed by atoms with van der Waals surface area (Å²) in [5.74, 6) is 1.51. The average molecular weight is 361 g/mol. The molecule has 0 saturated carbocycles. The number of aromatic nitrogens is 1. The van der Waals surface area contributed by atoms with E-state index < -0.39 is 0 Å². The lowest BCUT2D eigenvalue weighted by molar-refractivity contribution is 0.0915. The molecule has 1 fully saturated rings. The molecule has 1 aromatic heterocycles. The van der Waals surface area contributed by atoms with Gasteiger partial charge in [0.05, 0.1) is 18.3 Å². The van der Waals surface area contributed by atoms with Crippen molar-refractivity contribution in [3.63, 3.8) is 0 Å². The number of carbonyl (C=O) groups excluding carboxylic acids is 1. The molecule has 1 amide bonds. The first-order valence-corrected chi connectivity index (χ1v) is 9.31. The van der Waals surface area contributed by atoms with Gasteiger partial charge in [0.1, 0.15) is 6.61 Å². The predicted octanol–water partition coefficient (Wildman–Crippen LogP) is 2.46. The maximum absolute atomic E-state index is 12.5. The lowest BCUT2D eigenvalue weighted by Gasteiger charge is -2.30. The molecule has 3 rings (SSSR count). The minimum absolute atomic E-state index is 0.0927. The number of carbonyl (C=O) groups is 1. The molecule has 7 heteroatoms. The number of hydrogen-bond acceptors (Lipinski definition) is 6. The molecule has 2 atom stereocenters. The highest BCUT2D eigenvalue weighted by Crippen LogP contribution is 2.29. The second kappa shape index (κ2) is 8.31. The summed E-state index contributed by atoms with van der Waals surface area (Å²) in [4.78, 5) is 16.7. The number of rotatable bonds is 6. The molecule has 25 heavy (non-hydrogen) atoms. The van der Waals surface area contributed by atoms with Crippen molar-refractivity contribution in [1.29, 1.82) is 0 Å². The summed E-state index contributed by atoms with van der Waals surface area (Å²) >= 11 is 1.53. The van der Waals surface area contributed by atoms with Gasteiger partial charge >= 0.3 is 0 Å². The van der Waals surface area contributed by atoms with Crippen molar-refractivity contribution in [2.75, 3.05) is 20.2 Å². The van der Waals surface area contributed by atoms with Crippen LogP contribution in [0.1, 0.15) is 29.4 Å². The molecule has 134 valence electrons. The maximum Gasteiger partial charge on any atom is 0.251 e. The minimum Gasteiger partial charge on any atom is -0.493 e. The van der Waals surface area contributed by atoms with Crippen molar-refractivity contribution in [2.24, 2.45) is 5.92 Å². The van der Waals surface area contributed by atoms with E-state index in [4.69, 9.17) is 9.47 Å². The number of thiazole rings is 1. The van der Waals surface area contributed by atoms with Crippen LogP contribution in [0.2, 0.25) is 0 Å². The molecule has 2 aromatic rings. The largest absolute Gasteiger partial charge is 0.493 e. The van der Waals surface area contributed by atoms with Crippen molar-refractivity contribution in [2.45, 2.75) is 26.0 Å². The van der Waals surface area contributed by atoms with Gasteiger partial charge in [0.15, 0.2) is 11.5 Å². The number of nitrogens with zero attached hydrogens (tertiary/aromatic N) is 1. The summed E-state index contributed by atoms with van der Waals surface area (Å²) in [5, 5.41) is 8.36. The van der Waals surface area contributed by atoms with E-state index in [0.717, 1.165) is 25.2 Å². The smallest absolute Gasteiger partial charge is 0.251 e. The Bertz CT molecular complexity index is 706. The van der Waals surface area contributed by atoms with Gasteiger partial charge in [0.2, 0.25) is 0 Å². The standard InChI is InChI=1S/C18H23N3O3S/c1-12-5-6-19-8-15(12)21-18(22)13-3-4-16(17(7-13)23-2)24-9-14-10-25-11-20-14/h3-4,7,10-12,15,19H,5-6,8-9H2,1-2H3,(H,21,22). The second-order valence-corrected chi connectivity index (χ2v) is 6.90. The summed E-state index contributed by atoms with van der Waals surface area (Å²) in [6.07, 6.45) is 1.07. The van der Waals surface area contributed by atoms with E-state index >= 15 is 0 Å². The third-order valence-electron chi connectivity index (χ3n) is 4.43. The van der Waals surface area contributed by atoms with Gasteiger partial charge < -0.3 is 20.1 Å². The molecular formula is C18H23N3O3S. The maximum atomic E-state index is 12.5. The number of methoxy groups -OCH3 is 1. The van der Waals surface area contributed by atoms with Crippen LogP contribution in [-0.4, -0.2) is 37.1 Å². The highest BCUT2D eigenvalue weighted by atomic mass is 32.1. The Hall–Kier alpha value is -2.12. The molecular weight excluding hydrogens is 338 g/mol. The van der Waals surface area contributed by atoms with Gasteiger partial charge in [-0.1, -0.05) is 6.92 Å². The van der Waals surface area contributed by atoms with Crippen molar-refractivity contribution < 1.29 is 14.3 Å². The van der Waals surface area contributed by atoms with Crippen molar-refractivity contribution >= 4 is 17.2 Å². The van der Waals surface area contributed by atoms with Crippen molar-refractivity contribution in [3.8, 4) is 11.5 Å². The van der Waals surface area contributed by atoms with Crippen LogP contribution in [-0.2, 0) is 6.61 Å². The number of amides is 1. The molecule has 0 aliphatic carbocycles. The summed E-state index contributed by atoms with van der Waals surface area (Å²) in [5.41, 5.74) is 3.20. The third-order valence-corrected chi connectivity index (χ3v) is 5.06. The Balaban J connectivity index is 1.66. The van der Waals surface area contributed by atoms with Gasteiger partial charge in [-0.15, -0.1) is 11.3 Å². The number of ether oxygens (including phenoxy) is 2. The van der Waals surface area contributed by atoms with Crippen LogP contribution in [0.25, 0.3) is 0 Å². The highest BCUT2D eigenvalue weighted by Gasteiger charge is 2.23. The summed E-state index contributed by atoms with van der Waals surface area (Å²) in [6, 6.07) is 5.39. The first-order chi connectivity index (χ1) is 12.2. The highest BCUT2D eigenvalue weighted by molar-refractivity contribution is 7.07. The van der Waals surface area contributed by atoms with E-state index in [0.29, 0.717) is 29.6 Å². The zero-order valence-electron chi connectivity index (χ0n) is 14.5. The van der Waals surface area contributed by atoms with Crippen LogP contribution in [0.5, 0.6) is 11.5 Å². The molecule has 2 N–H and O–H groups in total. The number of hydrogen-bond donors (Lipinski definition) is 2. The Morgan fingerprint density at radius 2 is 2.32 bits per heavy atom. The van der Waals surface area contributed by atoms with Crippen LogP contribution in [0.4, 0.5) is 0 Å². The van der Waals surface area contributed by atoms with Crippen LogP contribution in [0.3, 0.4) is 0 Å². The Labute approximate surface area is 151 Å².